The molecule has 0 aromatic carbocycles. The van der Waals surface area contributed by atoms with Gasteiger partial charge < -0.3 is 9.84 Å². The molecule has 112 valence electrons. The van der Waals surface area contributed by atoms with E-state index in [1.807, 2.05) is 6.92 Å². The summed E-state index contributed by atoms with van der Waals surface area (Å²) in [5.41, 5.74) is -0.286. The summed E-state index contributed by atoms with van der Waals surface area (Å²) >= 11 is 0. The summed E-state index contributed by atoms with van der Waals surface area (Å²) < 4.78 is 32.3. The van der Waals surface area contributed by atoms with Crippen LogP contribution in [-0.4, -0.2) is 48.4 Å². The summed E-state index contributed by atoms with van der Waals surface area (Å²) in [7, 11) is -3.90. The fourth-order valence-corrected chi connectivity index (χ4v) is 3.79. The average molecular weight is 303 g/mol. The number of carboxylic acid groups (broad SMARTS) is 1. The lowest BCUT2D eigenvalue weighted by molar-refractivity contribution is -0.00477. The molecule has 20 heavy (non-hydrogen) atoms. The van der Waals surface area contributed by atoms with Crippen molar-refractivity contribution >= 4 is 16.0 Å². The highest BCUT2D eigenvalue weighted by Crippen LogP contribution is 2.26. The van der Waals surface area contributed by atoms with E-state index >= 15 is 0 Å². The molecule has 1 aliphatic carbocycles. The monoisotopic (exact) mass is 303 g/mol. The Morgan fingerprint density at radius 3 is 2.75 bits per heavy atom. The first kappa shape index (κ1) is 14.9. The molecule has 1 aromatic rings. The summed E-state index contributed by atoms with van der Waals surface area (Å²) in [6.07, 6.45) is 1.25. The Balaban J connectivity index is 2.12. The Kier molecular flexibility index (Phi) is 4.11. The number of nitrogens with one attached hydrogen (secondary N) is 2. The zero-order valence-corrected chi connectivity index (χ0v) is 12.0. The molecule has 0 aliphatic heterocycles. The number of hydrogen-bond acceptors (Lipinski definition) is 5. The number of aromatic carboxylic acids is 1. The Bertz CT molecular complexity index is 604. The Morgan fingerprint density at radius 2 is 2.20 bits per heavy atom. The number of hydrogen-bond donors (Lipinski definition) is 3. The van der Waals surface area contributed by atoms with Gasteiger partial charge in [0.25, 0.3) is 0 Å². The average Bonchev–Trinajstić information content (AvgIpc) is 2.69. The number of aromatic nitrogens is 2. The van der Waals surface area contributed by atoms with Crippen molar-refractivity contribution < 1.29 is 23.1 Å². The quantitative estimate of drug-likeness (QED) is 0.693. The molecular formula is C11H17N3O5S. The second-order valence-corrected chi connectivity index (χ2v) is 6.35. The van der Waals surface area contributed by atoms with Crippen molar-refractivity contribution in [1.82, 2.24) is 14.9 Å². The van der Waals surface area contributed by atoms with Crippen molar-refractivity contribution in [2.75, 3.05) is 6.61 Å². The van der Waals surface area contributed by atoms with Gasteiger partial charge >= 0.3 is 5.97 Å². The standard InChI is InChI=1S/C11H17N3O5S/c1-3-19-8-4-7(5-8)14-20(17,18)10-6(2)12-13-9(10)11(15)16/h7-8,14H,3-5H2,1-2H3,(H,12,13)(H,15,16). The molecule has 1 aliphatic rings. The van der Waals surface area contributed by atoms with Crippen LogP contribution in [0.4, 0.5) is 0 Å². The first-order chi connectivity index (χ1) is 9.35. The minimum atomic E-state index is -3.90. The van der Waals surface area contributed by atoms with Gasteiger partial charge in [-0.05, 0) is 26.7 Å². The molecule has 0 amide bonds. The molecule has 8 nitrogen and oxygen atoms in total. The molecule has 0 spiro atoms. The van der Waals surface area contributed by atoms with E-state index in [2.05, 4.69) is 14.9 Å². The largest absolute Gasteiger partial charge is 0.476 e. The predicted molar refractivity (Wildman–Crippen MR) is 69.0 cm³/mol. The fraction of sp³-hybridized carbons (Fsp3) is 0.636. The molecule has 0 radical (unpaired) electrons. The summed E-state index contributed by atoms with van der Waals surface area (Å²) in [6, 6.07) is -0.229. The molecule has 0 atom stereocenters. The Labute approximate surface area is 116 Å². The molecule has 0 unspecified atom stereocenters. The number of H-pyrrole nitrogens is 1. The van der Waals surface area contributed by atoms with Crippen LogP contribution >= 0.6 is 0 Å². The molecule has 1 saturated carbocycles. The lowest BCUT2D eigenvalue weighted by atomic mass is 9.90. The number of sulfonamides is 1. The third kappa shape index (κ3) is 2.84. The number of nitrogens with zero attached hydrogens (tertiary/aromatic N) is 1. The van der Waals surface area contributed by atoms with Gasteiger partial charge in [0.15, 0.2) is 5.69 Å². The van der Waals surface area contributed by atoms with E-state index in [0.29, 0.717) is 19.4 Å². The minimum Gasteiger partial charge on any atom is -0.476 e. The highest BCUT2D eigenvalue weighted by molar-refractivity contribution is 7.89. The van der Waals surface area contributed by atoms with Crippen LogP contribution < -0.4 is 4.72 Å². The number of carboxylic acids is 1. The van der Waals surface area contributed by atoms with E-state index in [1.165, 1.54) is 6.92 Å². The molecule has 3 N–H and O–H groups in total. The molecule has 1 heterocycles. The van der Waals surface area contributed by atoms with Crippen molar-refractivity contribution in [2.24, 2.45) is 0 Å². The second kappa shape index (κ2) is 5.51. The molecule has 9 heteroatoms. The van der Waals surface area contributed by atoms with E-state index in [4.69, 9.17) is 9.84 Å². The third-order valence-corrected chi connectivity index (χ3v) is 4.86. The highest BCUT2D eigenvalue weighted by atomic mass is 32.2. The van der Waals surface area contributed by atoms with Crippen LogP contribution in [0.15, 0.2) is 4.90 Å². The van der Waals surface area contributed by atoms with Gasteiger partial charge in [-0.15, -0.1) is 0 Å². The lowest BCUT2D eigenvalue weighted by Crippen LogP contribution is -2.47. The summed E-state index contributed by atoms with van der Waals surface area (Å²) in [5.74, 6) is -1.38. The lowest BCUT2D eigenvalue weighted by Gasteiger charge is -2.35. The first-order valence-electron chi connectivity index (χ1n) is 6.27. The van der Waals surface area contributed by atoms with Gasteiger partial charge in [-0.2, -0.15) is 5.10 Å². The maximum atomic E-state index is 12.2. The van der Waals surface area contributed by atoms with Gasteiger partial charge in [-0.1, -0.05) is 0 Å². The van der Waals surface area contributed by atoms with E-state index < -0.39 is 21.7 Å². The van der Waals surface area contributed by atoms with Crippen molar-refractivity contribution in [1.29, 1.82) is 0 Å². The van der Waals surface area contributed by atoms with Crippen LogP contribution in [0.5, 0.6) is 0 Å². The summed E-state index contributed by atoms with van der Waals surface area (Å²) in [5, 5.41) is 14.9. The van der Waals surface area contributed by atoms with E-state index in [-0.39, 0.29) is 22.7 Å². The second-order valence-electron chi connectivity index (χ2n) is 4.70. The van der Waals surface area contributed by atoms with Gasteiger partial charge in [0.1, 0.15) is 4.90 Å². The zero-order valence-electron chi connectivity index (χ0n) is 11.2. The topological polar surface area (TPSA) is 121 Å². The van der Waals surface area contributed by atoms with Gasteiger partial charge in [-0.3, -0.25) is 5.10 Å². The molecule has 1 fully saturated rings. The predicted octanol–water partition coefficient (Wildman–Crippen LogP) is 0.262. The fourth-order valence-electron chi connectivity index (χ4n) is 2.20. The van der Waals surface area contributed by atoms with Gasteiger partial charge in [0.05, 0.1) is 11.8 Å². The number of rotatable bonds is 6. The molecule has 1 aromatic heterocycles. The van der Waals surface area contributed by atoms with Gasteiger partial charge in [0, 0.05) is 12.6 Å². The molecular weight excluding hydrogens is 286 g/mol. The Hall–Kier alpha value is -1.45. The van der Waals surface area contributed by atoms with Crippen molar-refractivity contribution in [3.05, 3.63) is 11.4 Å². The smallest absolute Gasteiger partial charge is 0.357 e. The van der Waals surface area contributed by atoms with Crippen molar-refractivity contribution in [3.8, 4) is 0 Å². The van der Waals surface area contributed by atoms with Crippen LogP contribution in [0.2, 0.25) is 0 Å². The van der Waals surface area contributed by atoms with Gasteiger partial charge in [-0.25, -0.2) is 17.9 Å². The van der Waals surface area contributed by atoms with Crippen LogP contribution in [0.3, 0.4) is 0 Å². The first-order valence-corrected chi connectivity index (χ1v) is 7.75. The number of carbonyl (C=O) groups is 1. The van der Waals surface area contributed by atoms with Crippen molar-refractivity contribution in [3.63, 3.8) is 0 Å². The summed E-state index contributed by atoms with van der Waals surface area (Å²) in [4.78, 5) is 10.7. The van der Waals surface area contributed by atoms with E-state index in [9.17, 15) is 13.2 Å². The molecule has 0 bridgehead atoms. The normalized spacial score (nSPS) is 22.5. The highest BCUT2D eigenvalue weighted by Gasteiger charge is 2.36. The molecule has 2 rings (SSSR count). The summed E-state index contributed by atoms with van der Waals surface area (Å²) in [6.45, 7) is 3.94. The molecule has 0 saturated heterocycles. The van der Waals surface area contributed by atoms with Crippen molar-refractivity contribution in [2.45, 2.75) is 43.7 Å². The Morgan fingerprint density at radius 1 is 1.55 bits per heavy atom. The van der Waals surface area contributed by atoms with Crippen LogP contribution in [0.1, 0.15) is 35.9 Å². The SMILES string of the molecule is CCOC1CC(NS(=O)(=O)c2c(C(=O)O)n[nH]c2C)C1. The van der Waals surface area contributed by atoms with E-state index in [0.717, 1.165) is 0 Å². The maximum absolute atomic E-state index is 12.2. The van der Waals surface area contributed by atoms with E-state index in [1.54, 1.807) is 0 Å². The van der Waals surface area contributed by atoms with Crippen LogP contribution in [0.25, 0.3) is 0 Å². The maximum Gasteiger partial charge on any atom is 0.357 e. The number of ether oxygens (including phenoxy) is 1. The minimum absolute atomic E-state index is 0.0668. The van der Waals surface area contributed by atoms with Gasteiger partial charge in [0.2, 0.25) is 10.0 Å². The number of aryl methyl sites for hydroxylation is 1. The van der Waals surface area contributed by atoms with Crippen LogP contribution in [0, 0.1) is 6.92 Å². The van der Waals surface area contributed by atoms with Crippen LogP contribution in [-0.2, 0) is 14.8 Å². The third-order valence-electron chi connectivity index (χ3n) is 3.18. The number of aromatic amines is 1. The zero-order chi connectivity index (χ0) is 14.9.